The van der Waals surface area contributed by atoms with E-state index in [9.17, 15) is 4.79 Å². The Bertz CT molecular complexity index is 262. The molecule has 0 aromatic heterocycles. The third kappa shape index (κ3) is 7.82. The smallest absolute Gasteiger partial charge is 0.326 e. The van der Waals surface area contributed by atoms with Crippen molar-refractivity contribution in [2.24, 2.45) is 0 Å². The van der Waals surface area contributed by atoms with Crippen LogP contribution in [-0.2, 0) is 14.3 Å². The molecule has 0 bridgehead atoms. The van der Waals surface area contributed by atoms with Crippen LogP contribution in [0.25, 0.3) is 0 Å². The number of nitrogens with one attached hydrogen (secondary N) is 1. The van der Waals surface area contributed by atoms with Gasteiger partial charge >= 0.3 is 5.97 Å². The first-order valence-corrected chi connectivity index (χ1v) is 7.59. The number of carbonyl (C=O) groups excluding carboxylic acids is 1. The molecule has 0 saturated carbocycles. The molecule has 20 heavy (non-hydrogen) atoms. The number of esters is 1. The molecule has 0 aromatic rings. The normalized spacial score (nSPS) is 14.3. The van der Waals surface area contributed by atoms with Gasteiger partial charge in [-0.1, -0.05) is 6.92 Å². The van der Waals surface area contributed by atoms with Crippen LogP contribution in [0.5, 0.6) is 0 Å². The lowest BCUT2D eigenvalue weighted by atomic mass is 9.97. The lowest BCUT2D eigenvalue weighted by Crippen LogP contribution is -2.52. The molecule has 0 fully saturated rings. The van der Waals surface area contributed by atoms with Crippen molar-refractivity contribution in [3.8, 4) is 0 Å². The summed E-state index contributed by atoms with van der Waals surface area (Å²) in [5.41, 5.74) is -0.596. The fraction of sp³-hybridized carbons (Fsp3) is 0.933. The van der Waals surface area contributed by atoms with Crippen LogP contribution in [0, 0.1) is 0 Å². The van der Waals surface area contributed by atoms with Crippen molar-refractivity contribution in [2.45, 2.75) is 45.6 Å². The van der Waals surface area contributed by atoms with Gasteiger partial charge in [0.25, 0.3) is 0 Å². The summed E-state index contributed by atoms with van der Waals surface area (Å²) in [6.07, 6.45) is 2.75. The molecule has 1 unspecified atom stereocenters. The van der Waals surface area contributed by atoms with Crippen LogP contribution < -0.4 is 5.32 Å². The lowest BCUT2D eigenvalue weighted by Gasteiger charge is -2.30. The van der Waals surface area contributed by atoms with Gasteiger partial charge in [0.15, 0.2) is 0 Å². The summed E-state index contributed by atoms with van der Waals surface area (Å²) in [6.45, 7) is 9.71. The van der Waals surface area contributed by atoms with E-state index in [4.69, 9.17) is 9.47 Å². The predicted octanol–water partition coefficient (Wildman–Crippen LogP) is 1.67. The van der Waals surface area contributed by atoms with Gasteiger partial charge in [0, 0.05) is 26.8 Å². The molecule has 5 heteroatoms. The number of rotatable bonds is 12. The van der Waals surface area contributed by atoms with Crippen molar-refractivity contribution in [3.63, 3.8) is 0 Å². The number of carbonyl (C=O) groups is 1. The van der Waals surface area contributed by atoms with E-state index < -0.39 is 5.54 Å². The van der Waals surface area contributed by atoms with Crippen LogP contribution in [0.2, 0.25) is 0 Å². The van der Waals surface area contributed by atoms with E-state index in [1.54, 1.807) is 7.11 Å². The lowest BCUT2D eigenvalue weighted by molar-refractivity contribution is -0.151. The second-order valence-corrected chi connectivity index (χ2v) is 5.38. The second kappa shape index (κ2) is 11.1. The van der Waals surface area contributed by atoms with Gasteiger partial charge in [-0.3, -0.25) is 4.79 Å². The van der Waals surface area contributed by atoms with Gasteiger partial charge in [0.05, 0.1) is 6.61 Å². The molecule has 0 amide bonds. The topological polar surface area (TPSA) is 50.8 Å². The highest BCUT2D eigenvalue weighted by molar-refractivity contribution is 5.80. The quantitative estimate of drug-likeness (QED) is 0.437. The number of methoxy groups -OCH3 is 1. The molecule has 0 aromatic carbocycles. The van der Waals surface area contributed by atoms with Crippen LogP contribution in [0.3, 0.4) is 0 Å². The van der Waals surface area contributed by atoms with Crippen molar-refractivity contribution in [2.75, 3.05) is 47.0 Å². The van der Waals surface area contributed by atoms with Crippen LogP contribution in [0.4, 0.5) is 0 Å². The minimum Gasteiger partial charge on any atom is -0.465 e. The zero-order chi connectivity index (χ0) is 15.4. The molecule has 120 valence electrons. The van der Waals surface area contributed by atoms with Gasteiger partial charge in [-0.25, -0.2) is 0 Å². The average Bonchev–Trinajstić information content (AvgIpc) is 2.43. The highest BCUT2D eigenvalue weighted by Crippen LogP contribution is 2.13. The fourth-order valence-corrected chi connectivity index (χ4v) is 1.96. The van der Waals surface area contributed by atoms with E-state index >= 15 is 0 Å². The fourth-order valence-electron chi connectivity index (χ4n) is 1.96. The van der Waals surface area contributed by atoms with Crippen molar-refractivity contribution in [3.05, 3.63) is 0 Å². The van der Waals surface area contributed by atoms with Crippen LogP contribution in [0.15, 0.2) is 0 Å². The third-order valence-corrected chi connectivity index (χ3v) is 3.37. The van der Waals surface area contributed by atoms with Gasteiger partial charge in [-0.15, -0.1) is 0 Å². The predicted molar refractivity (Wildman–Crippen MR) is 81.9 cm³/mol. The molecule has 0 rings (SSSR count). The van der Waals surface area contributed by atoms with Crippen LogP contribution in [0.1, 0.15) is 40.0 Å². The summed E-state index contributed by atoms with van der Waals surface area (Å²) in [4.78, 5) is 14.3. The standard InChI is InChI=1S/C15H32N2O3/c1-6-10-16-15(3,14(18)20-7-2)9-12-17(4)11-8-13-19-5/h16H,6-13H2,1-5H3. The minimum absolute atomic E-state index is 0.154. The van der Waals surface area contributed by atoms with Gasteiger partial charge < -0.3 is 19.7 Å². The number of hydrogen-bond donors (Lipinski definition) is 1. The summed E-state index contributed by atoms with van der Waals surface area (Å²) < 4.78 is 10.2. The first-order valence-electron chi connectivity index (χ1n) is 7.59. The zero-order valence-electron chi connectivity index (χ0n) is 13.8. The molecule has 0 spiro atoms. The summed E-state index contributed by atoms with van der Waals surface area (Å²) in [5.74, 6) is -0.154. The Labute approximate surface area is 124 Å². The molecule has 0 aliphatic rings. The Balaban J connectivity index is 4.30. The van der Waals surface area contributed by atoms with Crippen molar-refractivity contribution in [1.82, 2.24) is 10.2 Å². The molecule has 5 nitrogen and oxygen atoms in total. The first-order chi connectivity index (χ1) is 9.50. The average molecular weight is 288 g/mol. The third-order valence-electron chi connectivity index (χ3n) is 3.37. The van der Waals surface area contributed by atoms with E-state index in [0.717, 1.165) is 45.5 Å². The van der Waals surface area contributed by atoms with E-state index in [1.165, 1.54) is 0 Å². The maximum absolute atomic E-state index is 12.1. The summed E-state index contributed by atoms with van der Waals surface area (Å²) in [7, 11) is 3.79. The summed E-state index contributed by atoms with van der Waals surface area (Å²) in [6, 6.07) is 0. The monoisotopic (exact) mass is 288 g/mol. The van der Waals surface area contributed by atoms with Crippen LogP contribution >= 0.6 is 0 Å². The number of hydrogen-bond acceptors (Lipinski definition) is 5. The number of nitrogens with zero attached hydrogens (tertiary/aromatic N) is 1. The summed E-state index contributed by atoms with van der Waals surface area (Å²) in [5, 5.41) is 3.33. The van der Waals surface area contributed by atoms with E-state index in [-0.39, 0.29) is 5.97 Å². The van der Waals surface area contributed by atoms with Crippen molar-refractivity contribution in [1.29, 1.82) is 0 Å². The minimum atomic E-state index is -0.596. The highest BCUT2D eigenvalue weighted by atomic mass is 16.5. The highest BCUT2D eigenvalue weighted by Gasteiger charge is 2.33. The van der Waals surface area contributed by atoms with E-state index in [0.29, 0.717) is 6.61 Å². The Kier molecular flexibility index (Phi) is 10.7. The van der Waals surface area contributed by atoms with E-state index in [1.807, 2.05) is 13.8 Å². The second-order valence-electron chi connectivity index (χ2n) is 5.38. The molecule has 1 atom stereocenters. The Morgan fingerprint density at radius 3 is 2.55 bits per heavy atom. The Morgan fingerprint density at radius 1 is 1.30 bits per heavy atom. The molecular weight excluding hydrogens is 256 g/mol. The van der Waals surface area contributed by atoms with Crippen molar-refractivity contribution >= 4 is 5.97 Å². The molecular formula is C15H32N2O3. The maximum Gasteiger partial charge on any atom is 0.326 e. The molecule has 0 radical (unpaired) electrons. The SMILES string of the molecule is CCCNC(C)(CCN(C)CCCOC)C(=O)OCC. The van der Waals surface area contributed by atoms with Gasteiger partial charge in [-0.2, -0.15) is 0 Å². The largest absolute Gasteiger partial charge is 0.465 e. The molecule has 1 N–H and O–H groups in total. The van der Waals surface area contributed by atoms with Gasteiger partial charge in [0.2, 0.25) is 0 Å². The van der Waals surface area contributed by atoms with Crippen molar-refractivity contribution < 1.29 is 14.3 Å². The molecule has 0 heterocycles. The maximum atomic E-state index is 12.1. The first kappa shape index (κ1) is 19.4. The van der Waals surface area contributed by atoms with E-state index in [2.05, 4.69) is 24.2 Å². The number of ether oxygens (including phenoxy) is 2. The molecule has 0 aliphatic carbocycles. The Morgan fingerprint density at radius 2 is 2.00 bits per heavy atom. The Hall–Kier alpha value is -0.650. The van der Waals surface area contributed by atoms with Gasteiger partial charge in [0.1, 0.15) is 5.54 Å². The molecule has 0 saturated heterocycles. The summed E-state index contributed by atoms with van der Waals surface area (Å²) >= 11 is 0. The van der Waals surface area contributed by atoms with Gasteiger partial charge in [-0.05, 0) is 46.7 Å². The zero-order valence-corrected chi connectivity index (χ0v) is 13.8. The molecule has 0 aliphatic heterocycles. The van der Waals surface area contributed by atoms with Crippen LogP contribution in [-0.4, -0.2) is 63.4 Å².